The van der Waals surface area contributed by atoms with Crippen LogP contribution in [0.1, 0.15) is 49.5 Å². The molecule has 0 aliphatic rings. The van der Waals surface area contributed by atoms with E-state index in [0.717, 1.165) is 6.42 Å². The smallest absolute Gasteiger partial charge is 0.308 e. The van der Waals surface area contributed by atoms with Gasteiger partial charge in [0.2, 0.25) is 5.91 Å². The van der Waals surface area contributed by atoms with Gasteiger partial charge in [-0.15, -0.1) is 0 Å². The minimum absolute atomic E-state index is 0.0703. The number of aliphatic carboxylic acids is 1. The third-order valence-electron chi connectivity index (χ3n) is 3.88. The van der Waals surface area contributed by atoms with E-state index in [1.807, 2.05) is 12.1 Å². The van der Waals surface area contributed by atoms with Crippen molar-refractivity contribution in [3.63, 3.8) is 0 Å². The van der Waals surface area contributed by atoms with Crippen molar-refractivity contribution in [1.82, 2.24) is 4.90 Å². The third kappa shape index (κ3) is 6.52. The standard InChI is InChI=1S/C19H27NO4/c1-13(2)11-15-5-7-16(8-6-15)17(21)9-10-18(22)20(4)12-14(3)19(23)24/h5-8,13-14H,9-12H2,1-4H3,(H,23,24). The monoisotopic (exact) mass is 333 g/mol. The molecule has 0 fully saturated rings. The van der Waals surface area contributed by atoms with E-state index in [9.17, 15) is 14.4 Å². The minimum atomic E-state index is -0.938. The number of carboxylic acid groups (broad SMARTS) is 1. The predicted molar refractivity (Wildman–Crippen MR) is 93.0 cm³/mol. The SMILES string of the molecule is CC(C)Cc1ccc(C(=O)CCC(=O)N(C)CC(C)C(=O)O)cc1. The van der Waals surface area contributed by atoms with Crippen molar-refractivity contribution >= 4 is 17.7 Å². The van der Waals surface area contributed by atoms with E-state index in [2.05, 4.69) is 13.8 Å². The normalized spacial score (nSPS) is 12.0. The molecule has 0 saturated heterocycles. The summed E-state index contributed by atoms with van der Waals surface area (Å²) < 4.78 is 0. The molecule has 1 amide bonds. The number of carboxylic acids is 1. The largest absolute Gasteiger partial charge is 0.481 e. The third-order valence-corrected chi connectivity index (χ3v) is 3.88. The molecule has 0 aromatic heterocycles. The molecule has 0 radical (unpaired) electrons. The van der Waals surface area contributed by atoms with Gasteiger partial charge >= 0.3 is 5.97 Å². The van der Waals surface area contributed by atoms with Gasteiger partial charge in [0.05, 0.1) is 5.92 Å². The van der Waals surface area contributed by atoms with Gasteiger partial charge in [-0.05, 0) is 17.9 Å². The maximum Gasteiger partial charge on any atom is 0.308 e. The number of carbonyl (C=O) groups excluding carboxylic acids is 2. The molecule has 1 aromatic carbocycles. The van der Waals surface area contributed by atoms with E-state index in [1.165, 1.54) is 10.5 Å². The zero-order chi connectivity index (χ0) is 18.3. The van der Waals surface area contributed by atoms with E-state index in [1.54, 1.807) is 26.1 Å². The van der Waals surface area contributed by atoms with E-state index in [-0.39, 0.29) is 31.1 Å². The van der Waals surface area contributed by atoms with Crippen molar-refractivity contribution in [3.8, 4) is 0 Å². The highest BCUT2D eigenvalue weighted by atomic mass is 16.4. The van der Waals surface area contributed by atoms with Crippen molar-refractivity contribution in [3.05, 3.63) is 35.4 Å². The highest BCUT2D eigenvalue weighted by Gasteiger charge is 2.18. The van der Waals surface area contributed by atoms with Gasteiger partial charge in [-0.2, -0.15) is 0 Å². The fraction of sp³-hybridized carbons (Fsp3) is 0.526. The summed E-state index contributed by atoms with van der Waals surface area (Å²) >= 11 is 0. The molecular formula is C19H27NO4. The number of hydrogen-bond donors (Lipinski definition) is 1. The lowest BCUT2D eigenvalue weighted by Crippen LogP contribution is -2.33. The van der Waals surface area contributed by atoms with Gasteiger partial charge < -0.3 is 10.0 Å². The lowest BCUT2D eigenvalue weighted by Gasteiger charge is -2.19. The minimum Gasteiger partial charge on any atom is -0.481 e. The summed E-state index contributed by atoms with van der Waals surface area (Å²) in [4.78, 5) is 36.3. The number of amides is 1. The first kappa shape index (κ1) is 19.9. The van der Waals surface area contributed by atoms with Gasteiger partial charge in [-0.25, -0.2) is 0 Å². The van der Waals surface area contributed by atoms with Crippen LogP contribution in [0, 0.1) is 11.8 Å². The number of ketones is 1. The number of rotatable bonds is 9. The Kier molecular flexibility index (Phi) is 7.62. The molecule has 1 unspecified atom stereocenters. The van der Waals surface area contributed by atoms with Crippen LogP contribution in [0.25, 0.3) is 0 Å². The van der Waals surface area contributed by atoms with Gasteiger partial charge in [0.15, 0.2) is 5.78 Å². The molecule has 0 saturated carbocycles. The lowest BCUT2D eigenvalue weighted by atomic mass is 9.99. The van der Waals surface area contributed by atoms with Crippen LogP contribution in [-0.4, -0.2) is 41.3 Å². The highest BCUT2D eigenvalue weighted by Crippen LogP contribution is 2.12. The predicted octanol–water partition coefficient (Wildman–Crippen LogP) is 3.03. The van der Waals surface area contributed by atoms with E-state index >= 15 is 0 Å². The van der Waals surface area contributed by atoms with Crippen molar-refractivity contribution in [2.75, 3.05) is 13.6 Å². The van der Waals surface area contributed by atoms with Crippen LogP contribution in [0.3, 0.4) is 0 Å². The first-order valence-corrected chi connectivity index (χ1v) is 8.29. The number of nitrogens with zero attached hydrogens (tertiary/aromatic N) is 1. The molecule has 0 aliphatic carbocycles. The van der Waals surface area contributed by atoms with E-state index in [4.69, 9.17) is 5.11 Å². The second kappa shape index (κ2) is 9.21. The van der Waals surface area contributed by atoms with Crippen LogP contribution in [0.2, 0.25) is 0 Å². The second-order valence-electron chi connectivity index (χ2n) is 6.73. The van der Waals surface area contributed by atoms with Crippen LogP contribution in [0.15, 0.2) is 24.3 Å². The molecule has 1 N–H and O–H groups in total. The van der Waals surface area contributed by atoms with Crippen LogP contribution in [0.5, 0.6) is 0 Å². The first-order valence-electron chi connectivity index (χ1n) is 8.29. The zero-order valence-corrected chi connectivity index (χ0v) is 14.9. The molecule has 0 spiro atoms. The number of benzene rings is 1. The second-order valence-corrected chi connectivity index (χ2v) is 6.73. The van der Waals surface area contributed by atoms with Crippen molar-refractivity contribution in [2.45, 2.75) is 40.0 Å². The molecule has 5 nitrogen and oxygen atoms in total. The number of hydrogen-bond acceptors (Lipinski definition) is 3. The average molecular weight is 333 g/mol. The lowest BCUT2D eigenvalue weighted by molar-refractivity contribution is -0.142. The molecule has 0 aliphatic heterocycles. The van der Waals surface area contributed by atoms with E-state index in [0.29, 0.717) is 11.5 Å². The Hall–Kier alpha value is -2.17. The van der Waals surface area contributed by atoms with E-state index < -0.39 is 11.9 Å². The molecule has 1 aromatic rings. The van der Waals surface area contributed by atoms with Gasteiger partial charge in [0, 0.05) is 32.0 Å². The molecular weight excluding hydrogens is 306 g/mol. The van der Waals surface area contributed by atoms with Gasteiger partial charge in [-0.3, -0.25) is 14.4 Å². The first-order chi connectivity index (χ1) is 11.2. The van der Waals surface area contributed by atoms with Crippen molar-refractivity contribution in [1.29, 1.82) is 0 Å². The molecule has 0 bridgehead atoms. The zero-order valence-electron chi connectivity index (χ0n) is 14.9. The summed E-state index contributed by atoms with van der Waals surface area (Å²) in [5.41, 5.74) is 1.80. The molecule has 1 rings (SSSR count). The Morgan fingerprint density at radius 3 is 2.12 bits per heavy atom. The Morgan fingerprint density at radius 1 is 1.04 bits per heavy atom. The summed E-state index contributed by atoms with van der Waals surface area (Å²) in [7, 11) is 1.56. The maximum atomic E-state index is 12.2. The van der Waals surface area contributed by atoms with Crippen LogP contribution >= 0.6 is 0 Å². The van der Waals surface area contributed by atoms with Crippen molar-refractivity contribution in [2.24, 2.45) is 11.8 Å². The summed E-state index contributed by atoms with van der Waals surface area (Å²) in [6, 6.07) is 7.52. The number of Topliss-reactive ketones (excluding diaryl/α,β-unsaturated/α-hetero) is 1. The summed E-state index contributed by atoms with van der Waals surface area (Å²) in [5.74, 6) is -1.28. The molecule has 1 atom stereocenters. The number of carbonyl (C=O) groups is 3. The molecule has 5 heteroatoms. The molecule has 24 heavy (non-hydrogen) atoms. The van der Waals surface area contributed by atoms with Crippen LogP contribution in [0.4, 0.5) is 0 Å². The quantitative estimate of drug-likeness (QED) is 0.705. The highest BCUT2D eigenvalue weighted by molar-refractivity contribution is 5.98. The summed E-state index contributed by atoms with van der Waals surface area (Å²) in [6.45, 7) is 5.99. The fourth-order valence-corrected chi connectivity index (χ4v) is 2.44. The van der Waals surface area contributed by atoms with Crippen LogP contribution in [-0.2, 0) is 16.0 Å². The topological polar surface area (TPSA) is 74.7 Å². The average Bonchev–Trinajstić information content (AvgIpc) is 2.52. The summed E-state index contributed by atoms with van der Waals surface area (Å²) in [6.07, 6.45) is 1.20. The van der Waals surface area contributed by atoms with Gasteiger partial charge in [0.25, 0.3) is 0 Å². The Balaban J connectivity index is 2.50. The molecule has 132 valence electrons. The molecule has 0 heterocycles. The van der Waals surface area contributed by atoms with Crippen molar-refractivity contribution < 1.29 is 19.5 Å². The Bertz CT molecular complexity index is 578. The maximum absolute atomic E-state index is 12.2. The fourth-order valence-electron chi connectivity index (χ4n) is 2.44. The van der Waals surface area contributed by atoms with Gasteiger partial charge in [-0.1, -0.05) is 45.0 Å². The van der Waals surface area contributed by atoms with Gasteiger partial charge in [0.1, 0.15) is 0 Å². The Morgan fingerprint density at radius 2 is 1.62 bits per heavy atom. The summed E-state index contributed by atoms with van der Waals surface area (Å²) in [5, 5.41) is 8.86. The van der Waals surface area contributed by atoms with Crippen LogP contribution < -0.4 is 0 Å². The Labute approximate surface area is 143 Å².